The van der Waals surface area contributed by atoms with Crippen molar-refractivity contribution in [2.45, 2.75) is 26.8 Å². The fraction of sp³-hybridized carbons (Fsp3) is 0.625. The van der Waals surface area contributed by atoms with E-state index in [-0.39, 0.29) is 0 Å². The summed E-state index contributed by atoms with van der Waals surface area (Å²) in [5.74, 6) is 1.00. The molecule has 0 aliphatic heterocycles. The molecule has 0 aromatic rings. The highest BCUT2D eigenvalue weighted by Gasteiger charge is 1.94. The van der Waals surface area contributed by atoms with Gasteiger partial charge in [0.15, 0.2) is 0 Å². The summed E-state index contributed by atoms with van der Waals surface area (Å²) in [4.78, 5) is 6.22. The van der Waals surface area contributed by atoms with Crippen LogP contribution in [0.25, 0.3) is 0 Å². The molecule has 58 valence electrons. The van der Waals surface area contributed by atoms with Gasteiger partial charge >= 0.3 is 0 Å². The first-order valence-corrected chi connectivity index (χ1v) is 3.47. The van der Waals surface area contributed by atoms with Crippen molar-refractivity contribution in [2.75, 3.05) is 7.05 Å². The van der Waals surface area contributed by atoms with Crippen molar-refractivity contribution in [3.05, 3.63) is 12.8 Å². The summed E-state index contributed by atoms with van der Waals surface area (Å²) in [5.41, 5.74) is 0. The largest absolute Gasteiger partial charge is 0.341 e. The van der Waals surface area contributed by atoms with E-state index in [0.29, 0.717) is 6.04 Å². The van der Waals surface area contributed by atoms with Gasteiger partial charge in [-0.15, -0.1) is 0 Å². The zero-order valence-electron chi connectivity index (χ0n) is 7.26. The van der Waals surface area contributed by atoms with E-state index in [1.165, 1.54) is 0 Å². The van der Waals surface area contributed by atoms with Crippen molar-refractivity contribution in [3.8, 4) is 0 Å². The molecule has 0 radical (unpaired) electrons. The Hall–Kier alpha value is -0.790. The van der Waals surface area contributed by atoms with Crippen LogP contribution in [0.4, 0.5) is 0 Å². The molecule has 0 saturated carbocycles. The Balaban J connectivity index is 4.04. The monoisotopic (exact) mass is 140 g/mol. The van der Waals surface area contributed by atoms with Crippen molar-refractivity contribution >= 4 is 5.84 Å². The third-order valence-corrected chi connectivity index (χ3v) is 1.23. The maximum absolute atomic E-state index is 4.32. The lowest BCUT2D eigenvalue weighted by Crippen LogP contribution is -2.18. The zero-order valence-corrected chi connectivity index (χ0v) is 7.26. The first-order valence-electron chi connectivity index (χ1n) is 3.47. The van der Waals surface area contributed by atoms with Crippen LogP contribution in [0.5, 0.6) is 0 Å². The molecule has 2 heteroatoms. The van der Waals surface area contributed by atoms with Gasteiger partial charge in [0, 0.05) is 13.1 Å². The fourth-order valence-electron chi connectivity index (χ4n) is 0.597. The minimum atomic E-state index is 0.363. The van der Waals surface area contributed by atoms with E-state index < -0.39 is 0 Å². The van der Waals surface area contributed by atoms with Crippen molar-refractivity contribution in [3.63, 3.8) is 0 Å². The summed E-state index contributed by atoms with van der Waals surface area (Å²) in [6, 6.07) is 0.363. The average molecular weight is 140 g/mol. The molecule has 0 bridgehead atoms. The second-order valence-electron chi connectivity index (χ2n) is 2.56. The Bertz CT molecular complexity index is 136. The number of hydrogen-bond donors (Lipinski definition) is 0. The highest BCUT2D eigenvalue weighted by molar-refractivity contribution is 5.80. The van der Waals surface area contributed by atoms with Crippen molar-refractivity contribution in [1.29, 1.82) is 0 Å². The molecular formula is C8H16N2. The summed E-state index contributed by atoms with van der Waals surface area (Å²) >= 11 is 0. The lowest BCUT2D eigenvalue weighted by atomic mass is 10.4. The Morgan fingerprint density at radius 3 is 2.40 bits per heavy atom. The maximum Gasteiger partial charge on any atom is 0.0997 e. The molecule has 0 N–H and O–H groups in total. The van der Waals surface area contributed by atoms with E-state index in [4.69, 9.17) is 0 Å². The van der Waals surface area contributed by atoms with E-state index >= 15 is 0 Å². The topological polar surface area (TPSA) is 15.6 Å². The highest BCUT2D eigenvalue weighted by Crippen LogP contribution is 1.92. The molecule has 0 aliphatic rings. The molecule has 2 nitrogen and oxygen atoms in total. The van der Waals surface area contributed by atoms with Gasteiger partial charge in [-0.2, -0.15) is 0 Å². The van der Waals surface area contributed by atoms with Crippen LogP contribution in [0, 0.1) is 0 Å². The van der Waals surface area contributed by atoms with Crippen LogP contribution in [0.1, 0.15) is 20.8 Å². The zero-order chi connectivity index (χ0) is 8.15. The van der Waals surface area contributed by atoms with E-state index in [2.05, 4.69) is 25.4 Å². The molecule has 0 aromatic carbocycles. The predicted molar refractivity (Wildman–Crippen MR) is 46.2 cm³/mol. The second-order valence-corrected chi connectivity index (χ2v) is 2.56. The molecule has 0 aromatic heterocycles. The quantitative estimate of drug-likeness (QED) is 0.422. The standard InChI is InChI=1S/C8H16N2/c1-6-10(5)8(4)9-7(2)3/h6-7H,1H2,2-5H3. The van der Waals surface area contributed by atoms with Crippen LogP contribution in [0.2, 0.25) is 0 Å². The van der Waals surface area contributed by atoms with Gasteiger partial charge in [0.2, 0.25) is 0 Å². The SMILES string of the molecule is C=CN(C)C(C)=NC(C)C. The summed E-state index contributed by atoms with van der Waals surface area (Å²) in [6.07, 6.45) is 1.75. The van der Waals surface area contributed by atoms with Crippen LogP contribution in [0.15, 0.2) is 17.8 Å². The van der Waals surface area contributed by atoms with Gasteiger partial charge < -0.3 is 4.90 Å². The van der Waals surface area contributed by atoms with E-state index in [9.17, 15) is 0 Å². The first kappa shape index (κ1) is 9.21. The van der Waals surface area contributed by atoms with Crippen LogP contribution in [-0.2, 0) is 0 Å². The molecule has 10 heavy (non-hydrogen) atoms. The molecule has 0 unspecified atom stereocenters. The minimum absolute atomic E-state index is 0.363. The number of hydrogen-bond acceptors (Lipinski definition) is 1. The van der Waals surface area contributed by atoms with Gasteiger partial charge in [0.25, 0.3) is 0 Å². The van der Waals surface area contributed by atoms with Gasteiger partial charge in [0.1, 0.15) is 0 Å². The summed E-state index contributed by atoms with van der Waals surface area (Å²) in [5, 5.41) is 0. The fourth-order valence-corrected chi connectivity index (χ4v) is 0.597. The Kier molecular flexibility index (Phi) is 3.77. The highest BCUT2D eigenvalue weighted by atomic mass is 15.1. The van der Waals surface area contributed by atoms with Gasteiger partial charge in [-0.3, -0.25) is 4.99 Å². The van der Waals surface area contributed by atoms with Crippen molar-refractivity contribution in [1.82, 2.24) is 4.90 Å². The minimum Gasteiger partial charge on any atom is -0.341 e. The van der Waals surface area contributed by atoms with Crippen LogP contribution >= 0.6 is 0 Å². The lowest BCUT2D eigenvalue weighted by molar-refractivity contribution is 0.666. The Morgan fingerprint density at radius 2 is 2.10 bits per heavy atom. The smallest absolute Gasteiger partial charge is 0.0997 e. The van der Waals surface area contributed by atoms with Gasteiger partial charge in [-0.1, -0.05) is 6.58 Å². The maximum atomic E-state index is 4.32. The second kappa shape index (κ2) is 4.09. The molecule has 0 heterocycles. The Labute approximate surface area is 63.3 Å². The molecular weight excluding hydrogens is 124 g/mol. The molecule has 0 fully saturated rings. The lowest BCUT2D eigenvalue weighted by Gasteiger charge is -2.13. The summed E-state index contributed by atoms with van der Waals surface area (Å²) in [6.45, 7) is 9.72. The van der Waals surface area contributed by atoms with Crippen molar-refractivity contribution < 1.29 is 0 Å². The summed E-state index contributed by atoms with van der Waals surface area (Å²) < 4.78 is 0. The molecule has 0 atom stereocenters. The molecule has 0 aliphatic carbocycles. The van der Waals surface area contributed by atoms with Crippen molar-refractivity contribution in [2.24, 2.45) is 4.99 Å². The average Bonchev–Trinajstić information content (AvgIpc) is 1.85. The van der Waals surface area contributed by atoms with Crippen LogP contribution < -0.4 is 0 Å². The third-order valence-electron chi connectivity index (χ3n) is 1.23. The Morgan fingerprint density at radius 1 is 1.60 bits per heavy atom. The van der Waals surface area contributed by atoms with Crippen LogP contribution in [-0.4, -0.2) is 23.8 Å². The number of nitrogens with zero attached hydrogens (tertiary/aromatic N) is 2. The number of rotatable bonds is 2. The number of amidine groups is 1. The normalized spacial score (nSPS) is 11.9. The van der Waals surface area contributed by atoms with Gasteiger partial charge in [0.05, 0.1) is 5.84 Å². The summed E-state index contributed by atoms with van der Waals surface area (Å²) in [7, 11) is 1.94. The van der Waals surface area contributed by atoms with Crippen LogP contribution in [0.3, 0.4) is 0 Å². The van der Waals surface area contributed by atoms with Gasteiger partial charge in [-0.05, 0) is 27.0 Å². The van der Waals surface area contributed by atoms with E-state index in [0.717, 1.165) is 5.84 Å². The van der Waals surface area contributed by atoms with E-state index in [1.807, 2.05) is 18.9 Å². The first-order chi connectivity index (χ1) is 4.57. The number of aliphatic imine (C=N–C) groups is 1. The van der Waals surface area contributed by atoms with Gasteiger partial charge in [-0.25, -0.2) is 0 Å². The van der Waals surface area contributed by atoms with E-state index in [1.54, 1.807) is 6.20 Å². The predicted octanol–water partition coefficient (Wildman–Crippen LogP) is 1.89. The molecule has 0 amide bonds. The molecule has 0 saturated heterocycles. The molecule has 0 spiro atoms. The molecule has 0 rings (SSSR count). The third kappa shape index (κ3) is 3.28.